The van der Waals surface area contributed by atoms with Crippen LogP contribution in [-0.4, -0.2) is 32.5 Å². The standard InChI is InChI=1S/C16H18N2O4S/c1-2-22-16(19)14-5-7-15(8-6-14)23(20,21)18-11-9-13-4-3-10-17-12-13/h3-8,10,12,18H,2,9,11H2,1H3. The molecule has 0 fully saturated rings. The van der Waals surface area contributed by atoms with Crippen molar-refractivity contribution in [1.29, 1.82) is 0 Å². The highest BCUT2D eigenvalue weighted by Crippen LogP contribution is 2.11. The molecule has 23 heavy (non-hydrogen) atoms. The number of esters is 1. The average Bonchev–Trinajstić information content (AvgIpc) is 2.56. The largest absolute Gasteiger partial charge is 0.462 e. The van der Waals surface area contributed by atoms with Crippen LogP contribution in [0.25, 0.3) is 0 Å². The fourth-order valence-electron chi connectivity index (χ4n) is 1.94. The maximum absolute atomic E-state index is 12.2. The van der Waals surface area contributed by atoms with Crippen molar-refractivity contribution >= 4 is 16.0 Å². The summed E-state index contributed by atoms with van der Waals surface area (Å²) in [6, 6.07) is 9.34. The minimum atomic E-state index is -3.61. The van der Waals surface area contributed by atoms with Crippen molar-refractivity contribution in [3.63, 3.8) is 0 Å². The molecular formula is C16H18N2O4S. The Morgan fingerprint density at radius 2 is 1.96 bits per heavy atom. The summed E-state index contributed by atoms with van der Waals surface area (Å²) in [5.41, 5.74) is 1.27. The topological polar surface area (TPSA) is 85.4 Å². The summed E-state index contributed by atoms with van der Waals surface area (Å²) in [5.74, 6) is -0.471. The Morgan fingerprint density at radius 3 is 2.57 bits per heavy atom. The first-order chi connectivity index (χ1) is 11.0. The molecule has 7 heteroatoms. The molecule has 0 aliphatic carbocycles. The summed E-state index contributed by atoms with van der Waals surface area (Å²) in [7, 11) is -3.61. The Morgan fingerprint density at radius 1 is 1.22 bits per heavy atom. The van der Waals surface area contributed by atoms with Crippen LogP contribution in [0, 0.1) is 0 Å². The van der Waals surface area contributed by atoms with E-state index in [0.29, 0.717) is 12.0 Å². The maximum atomic E-state index is 12.2. The Labute approximate surface area is 135 Å². The predicted molar refractivity (Wildman–Crippen MR) is 85.5 cm³/mol. The first-order valence-electron chi connectivity index (χ1n) is 7.18. The van der Waals surface area contributed by atoms with Gasteiger partial charge < -0.3 is 4.74 Å². The van der Waals surface area contributed by atoms with Crippen molar-refractivity contribution in [3.05, 3.63) is 59.9 Å². The van der Waals surface area contributed by atoms with Gasteiger partial charge in [-0.05, 0) is 49.2 Å². The quantitative estimate of drug-likeness (QED) is 0.780. The lowest BCUT2D eigenvalue weighted by atomic mass is 10.2. The summed E-state index contributed by atoms with van der Waals surface area (Å²) in [6.45, 7) is 2.26. The molecule has 1 N–H and O–H groups in total. The summed E-state index contributed by atoms with van der Waals surface area (Å²) in [4.78, 5) is 15.6. The van der Waals surface area contributed by atoms with E-state index in [-0.39, 0.29) is 18.0 Å². The first-order valence-corrected chi connectivity index (χ1v) is 8.67. The minimum absolute atomic E-state index is 0.108. The molecule has 1 aromatic carbocycles. The number of ether oxygens (including phenoxy) is 1. The molecule has 0 aliphatic heterocycles. The normalized spacial score (nSPS) is 11.2. The number of hydrogen-bond donors (Lipinski definition) is 1. The van der Waals surface area contributed by atoms with Gasteiger partial charge in [0.15, 0.2) is 0 Å². The second-order valence-corrected chi connectivity index (χ2v) is 6.52. The van der Waals surface area contributed by atoms with Crippen molar-refractivity contribution < 1.29 is 17.9 Å². The monoisotopic (exact) mass is 334 g/mol. The third kappa shape index (κ3) is 4.87. The number of carbonyl (C=O) groups excluding carboxylic acids is 1. The lowest BCUT2D eigenvalue weighted by Gasteiger charge is -2.07. The predicted octanol–water partition coefficient (Wildman–Crippen LogP) is 1.78. The number of carbonyl (C=O) groups is 1. The molecule has 0 saturated carbocycles. The van der Waals surface area contributed by atoms with Gasteiger partial charge in [0, 0.05) is 18.9 Å². The molecule has 0 saturated heterocycles. The Balaban J connectivity index is 1.97. The molecule has 0 atom stereocenters. The first kappa shape index (κ1) is 17.1. The number of aromatic nitrogens is 1. The Kier molecular flexibility index (Phi) is 5.84. The van der Waals surface area contributed by atoms with Crippen molar-refractivity contribution in [1.82, 2.24) is 9.71 Å². The van der Waals surface area contributed by atoms with Crippen LogP contribution in [0.2, 0.25) is 0 Å². The highest BCUT2D eigenvalue weighted by molar-refractivity contribution is 7.89. The van der Waals surface area contributed by atoms with Crippen LogP contribution in [0.4, 0.5) is 0 Å². The van der Waals surface area contributed by atoms with Crippen LogP contribution in [0.5, 0.6) is 0 Å². The van der Waals surface area contributed by atoms with Gasteiger partial charge in [-0.3, -0.25) is 4.98 Å². The number of hydrogen-bond acceptors (Lipinski definition) is 5. The van der Waals surface area contributed by atoms with Crippen molar-refractivity contribution in [3.8, 4) is 0 Å². The molecule has 1 heterocycles. The fraction of sp³-hybridized carbons (Fsp3) is 0.250. The summed E-state index contributed by atoms with van der Waals surface area (Å²) in [6.07, 6.45) is 3.91. The van der Waals surface area contributed by atoms with Crippen molar-refractivity contribution in [2.45, 2.75) is 18.2 Å². The molecule has 1 aromatic heterocycles. The molecule has 2 rings (SSSR count). The highest BCUT2D eigenvalue weighted by atomic mass is 32.2. The Bertz CT molecular complexity index is 743. The highest BCUT2D eigenvalue weighted by Gasteiger charge is 2.14. The second kappa shape index (κ2) is 7.85. The number of benzene rings is 1. The van der Waals surface area contributed by atoms with E-state index >= 15 is 0 Å². The lowest BCUT2D eigenvalue weighted by molar-refractivity contribution is 0.0526. The van der Waals surface area contributed by atoms with E-state index in [0.717, 1.165) is 5.56 Å². The number of rotatable bonds is 7. The van der Waals surface area contributed by atoms with E-state index in [4.69, 9.17) is 4.74 Å². The lowest BCUT2D eigenvalue weighted by Crippen LogP contribution is -2.26. The van der Waals surface area contributed by atoms with Crippen molar-refractivity contribution in [2.24, 2.45) is 0 Å². The number of nitrogens with zero attached hydrogens (tertiary/aromatic N) is 1. The molecule has 6 nitrogen and oxygen atoms in total. The van der Waals surface area contributed by atoms with Crippen LogP contribution in [0.1, 0.15) is 22.8 Å². The zero-order chi connectivity index (χ0) is 16.7. The molecule has 0 unspecified atom stereocenters. The zero-order valence-corrected chi connectivity index (χ0v) is 13.5. The number of nitrogens with one attached hydrogen (secondary N) is 1. The van der Waals surface area contributed by atoms with Crippen LogP contribution in [-0.2, 0) is 21.2 Å². The van der Waals surface area contributed by atoms with Crippen LogP contribution in [0.15, 0.2) is 53.7 Å². The van der Waals surface area contributed by atoms with Gasteiger partial charge in [0.2, 0.25) is 10.0 Å². The average molecular weight is 334 g/mol. The van der Waals surface area contributed by atoms with Gasteiger partial charge in [0.25, 0.3) is 0 Å². The van der Waals surface area contributed by atoms with Gasteiger partial charge in [-0.2, -0.15) is 0 Å². The third-order valence-corrected chi connectivity index (χ3v) is 4.58. The molecule has 122 valence electrons. The van der Waals surface area contributed by atoms with Gasteiger partial charge in [-0.15, -0.1) is 0 Å². The fourth-order valence-corrected chi connectivity index (χ4v) is 2.98. The summed E-state index contributed by atoms with van der Waals surface area (Å²) in [5, 5.41) is 0. The maximum Gasteiger partial charge on any atom is 0.338 e. The van der Waals surface area contributed by atoms with E-state index in [9.17, 15) is 13.2 Å². The van der Waals surface area contributed by atoms with E-state index < -0.39 is 16.0 Å². The summed E-state index contributed by atoms with van der Waals surface area (Å²) >= 11 is 0. The third-order valence-electron chi connectivity index (χ3n) is 3.10. The molecule has 0 aliphatic rings. The summed E-state index contributed by atoms with van der Waals surface area (Å²) < 4.78 is 31.8. The SMILES string of the molecule is CCOC(=O)c1ccc(S(=O)(=O)NCCc2cccnc2)cc1. The van der Waals surface area contributed by atoms with Crippen molar-refractivity contribution in [2.75, 3.05) is 13.2 Å². The molecule has 0 amide bonds. The molecule has 0 bridgehead atoms. The van der Waals surface area contributed by atoms with Gasteiger partial charge in [-0.25, -0.2) is 17.9 Å². The van der Waals surface area contributed by atoms with E-state index in [1.54, 1.807) is 25.4 Å². The van der Waals surface area contributed by atoms with Gasteiger partial charge in [0.05, 0.1) is 17.1 Å². The zero-order valence-electron chi connectivity index (χ0n) is 12.7. The van der Waals surface area contributed by atoms with E-state index in [2.05, 4.69) is 9.71 Å². The second-order valence-electron chi connectivity index (χ2n) is 4.75. The van der Waals surface area contributed by atoms with E-state index in [1.165, 1.54) is 24.3 Å². The Hall–Kier alpha value is -2.25. The number of sulfonamides is 1. The van der Waals surface area contributed by atoms with Gasteiger partial charge in [-0.1, -0.05) is 6.07 Å². The van der Waals surface area contributed by atoms with Crippen LogP contribution >= 0.6 is 0 Å². The van der Waals surface area contributed by atoms with Gasteiger partial charge in [0.1, 0.15) is 0 Å². The van der Waals surface area contributed by atoms with Crippen LogP contribution in [0.3, 0.4) is 0 Å². The van der Waals surface area contributed by atoms with Gasteiger partial charge >= 0.3 is 5.97 Å². The molecule has 0 radical (unpaired) electrons. The minimum Gasteiger partial charge on any atom is -0.462 e. The van der Waals surface area contributed by atoms with Crippen LogP contribution < -0.4 is 4.72 Å². The number of pyridine rings is 1. The molecule has 0 spiro atoms. The smallest absolute Gasteiger partial charge is 0.338 e. The van der Waals surface area contributed by atoms with E-state index in [1.807, 2.05) is 6.07 Å². The molecule has 2 aromatic rings. The molecular weight excluding hydrogens is 316 g/mol.